The predicted molar refractivity (Wildman–Crippen MR) is 129 cm³/mol. The van der Waals surface area contributed by atoms with Gasteiger partial charge in [-0.2, -0.15) is 0 Å². The fraction of sp³-hybridized carbons (Fsp3) is 0.375. The second-order valence-corrected chi connectivity index (χ2v) is 8.87. The summed E-state index contributed by atoms with van der Waals surface area (Å²) in [6, 6.07) is 10.5. The Kier molecular flexibility index (Phi) is 7.38. The van der Waals surface area contributed by atoms with Gasteiger partial charge in [0.2, 0.25) is 5.91 Å². The quantitative estimate of drug-likeness (QED) is 0.475. The fourth-order valence-electron chi connectivity index (χ4n) is 3.74. The predicted octanol–water partition coefficient (Wildman–Crippen LogP) is 5.18. The molecule has 164 valence electrons. The number of hydrogen-bond acceptors (Lipinski definition) is 5. The van der Waals surface area contributed by atoms with Crippen LogP contribution in [-0.4, -0.2) is 26.4 Å². The average molecular weight is 438 g/mol. The van der Waals surface area contributed by atoms with Gasteiger partial charge >= 0.3 is 0 Å². The zero-order valence-electron chi connectivity index (χ0n) is 19.2. The minimum atomic E-state index is -0.0411. The number of carbonyl (C=O) groups is 1. The first-order valence-electron chi connectivity index (χ1n) is 10.5. The van der Waals surface area contributed by atoms with Gasteiger partial charge in [0.25, 0.3) is 0 Å². The normalized spacial score (nSPS) is 10.9. The molecule has 0 saturated carbocycles. The molecule has 7 heteroatoms. The Morgan fingerprint density at radius 1 is 0.968 bits per heavy atom. The van der Waals surface area contributed by atoms with Crippen molar-refractivity contribution in [3.05, 3.63) is 64.0 Å². The summed E-state index contributed by atoms with van der Waals surface area (Å²) in [7, 11) is 0. The fourth-order valence-corrected chi connectivity index (χ4v) is 4.56. The van der Waals surface area contributed by atoms with E-state index in [1.54, 1.807) is 0 Å². The summed E-state index contributed by atoms with van der Waals surface area (Å²) >= 11 is 1.41. The van der Waals surface area contributed by atoms with Crippen LogP contribution in [0.5, 0.6) is 0 Å². The van der Waals surface area contributed by atoms with Crippen LogP contribution in [0, 0.1) is 34.6 Å². The van der Waals surface area contributed by atoms with Gasteiger partial charge in [0.15, 0.2) is 11.0 Å². The van der Waals surface area contributed by atoms with Gasteiger partial charge in [0.1, 0.15) is 0 Å². The van der Waals surface area contributed by atoms with E-state index in [1.807, 2.05) is 13.8 Å². The van der Waals surface area contributed by atoms with E-state index in [-0.39, 0.29) is 11.7 Å². The summed E-state index contributed by atoms with van der Waals surface area (Å²) in [5.41, 5.74) is 7.78. The van der Waals surface area contributed by atoms with Gasteiger partial charge in [-0.05, 0) is 64.3 Å². The summed E-state index contributed by atoms with van der Waals surface area (Å²) in [5.74, 6) is 1.10. The van der Waals surface area contributed by atoms with Crippen LogP contribution in [0.1, 0.15) is 40.6 Å². The van der Waals surface area contributed by atoms with Crippen molar-refractivity contribution >= 4 is 29.0 Å². The topological polar surface area (TPSA) is 71.8 Å². The monoisotopic (exact) mass is 437 g/mol. The Labute approximate surface area is 188 Å². The zero-order valence-corrected chi connectivity index (χ0v) is 20.0. The van der Waals surface area contributed by atoms with E-state index in [4.69, 9.17) is 0 Å². The van der Waals surface area contributed by atoms with Crippen LogP contribution in [0.3, 0.4) is 0 Å². The number of nitrogens with one attached hydrogen (secondary N) is 2. The molecular formula is C24H31N5OS. The largest absolute Gasteiger partial charge is 0.378 e. The molecule has 0 saturated heterocycles. The molecule has 6 nitrogen and oxygen atoms in total. The maximum atomic E-state index is 12.6. The summed E-state index contributed by atoms with van der Waals surface area (Å²) in [6.45, 7) is 13.7. The van der Waals surface area contributed by atoms with Gasteiger partial charge in [-0.25, -0.2) is 0 Å². The van der Waals surface area contributed by atoms with E-state index in [0.717, 1.165) is 40.0 Å². The van der Waals surface area contributed by atoms with Crippen LogP contribution in [0.2, 0.25) is 0 Å². The zero-order chi connectivity index (χ0) is 22.5. The number of hydrogen-bond donors (Lipinski definition) is 2. The third kappa shape index (κ3) is 5.67. The van der Waals surface area contributed by atoms with Crippen molar-refractivity contribution in [2.75, 3.05) is 16.4 Å². The standard InChI is InChI=1S/C24H31N5OS/c1-7-29-21(13-25-20-9-8-15(2)10-17(20)4)27-28-24(29)31-14-22(30)26-23-18(5)11-16(3)12-19(23)6/h8-12,25H,7,13-14H2,1-6H3,(H,26,30). The molecule has 1 aromatic heterocycles. The lowest BCUT2D eigenvalue weighted by Gasteiger charge is -2.13. The van der Waals surface area contributed by atoms with E-state index >= 15 is 0 Å². The maximum Gasteiger partial charge on any atom is 0.234 e. The highest BCUT2D eigenvalue weighted by atomic mass is 32.2. The molecule has 1 heterocycles. The number of aromatic nitrogens is 3. The summed E-state index contributed by atoms with van der Waals surface area (Å²) < 4.78 is 2.05. The Morgan fingerprint density at radius 3 is 2.29 bits per heavy atom. The van der Waals surface area contributed by atoms with Crippen molar-refractivity contribution in [2.45, 2.75) is 59.8 Å². The number of benzene rings is 2. The van der Waals surface area contributed by atoms with Crippen LogP contribution in [0.15, 0.2) is 35.5 Å². The van der Waals surface area contributed by atoms with Crippen molar-refractivity contribution in [1.29, 1.82) is 0 Å². The van der Waals surface area contributed by atoms with Gasteiger partial charge in [0.05, 0.1) is 12.3 Å². The molecule has 0 atom stereocenters. The molecule has 0 radical (unpaired) electrons. The van der Waals surface area contributed by atoms with Crippen molar-refractivity contribution in [1.82, 2.24) is 14.8 Å². The summed E-state index contributed by atoms with van der Waals surface area (Å²) in [4.78, 5) is 12.6. The molecule has 2 aromatic carbocycles. The van der Waals surface area contributed by atoms with Crippen LogP contribution in [0.25, 0.3) is 0 Å². The lowest BCUT2D eigenvalue weighted by atomic mass is 10.1. The van der Waals surface area contributed by atoms with Crippen LogP contribution in [0.4, 0.5) is 11.4 Å². The van der Waals surface area contributed by atoms with Crippen molar-refractivity contribution < 1.29 is 4.79 Å². The van der Waals surface area contributed by atoms with E-state index in [1.165, 1.54) is 28.5 Å². The molecule has 1 amide bonds. The smallest absolute Gasteiger partial charge is 0.234 e. The SMILES string of the molecule is CCn1c(CNc2ccc(C)cc2C)nnc1SCC(=O)Nc1c(C)cc(C)cc1C. The molecule has 2 N–H and O–H groups in total. The average Bonchev–Trinajstić information content (AvgIpc) is 3.10. The molecule has 0 aliphatic heterocycles. The van der Waals surface area contributed by atoms with Gasteiger partial charge in [0, 0.05) is 17.9 Å². The lowest BCUT2D eigenvalue weighted by molar-refractivity contribution is -0.113. The van der Waals surface area contributed by atoms with E-state index < -0.39 is 0 Å². The highest BCUT2D eigenvalue weighted by Gasteiger charge is 2.14. The van der Waals surface area contributed by atoms with Crippen LogP contribution >= 0.6 is 11.8 Å². The van der Waals surface area contributed by atoms with Gasteiger partial charge < -0.3 is 15.2 Å². The second kappa shape index (κ2) is 10.0. The number of anilines is 2. The molecule has 0 fully saturated rings. The van der Waals surface area contributed by atoms with Crippen LogP contribution in [-0.2, 0) is 17.9 Å². The second-order valence-electron chi connectivity index (χ2n) is 7.93. The minimum Gasteiger partial charge on any atom is -0.378 e. The van der Waals surface area contributed by atoms with Gasteiger partial charge in [-0.3, -0.25) is 4.79 Å². The minimum absolute atomic E-state index is 0.0411. The number of nitrogens with zero attached hydrogens (tertiary/aromatic N) is 3. The third-order valence-corrected chi connectivity index (χ3v) is 6.17. The highest BCUT2D eigenvalue weighted by Crippen LogP contribution is 2.24. The van der Waals surface area contributed by atoms with Gasteiger partial charge in [-0.15, -0.1) is 10.2 Å². The molecule has 3 aromatic rings. The number of aryl methyl sites for hydroxylation is 5. The number of carbonyl (C=O) groups excluding carboxylic acids is 1. The highest BCUT2D eigenvalue weighted by molar-refractivity contribution is 7.99. The lowest BCUT2D eigenvalue weighted by Crippen LogP contribution is -2.16. The number of amides is 1. The molecule has 3 rings (SSSR count). The van der Waals surface area contributed by atoms with Crippen molar-refractivity contribution in [2.24, 2.45) is 0 Å². The third-order valence-electron chi connectivity index (χ3n) is 5.20. The molecule has 0 bridgehead atoms. The first kappa shape index (κ1) is 22.9. The molecule has 0 aliphatic carbocycles. The molecule has 0 spiro atoms. The van der Waals surface area contributed by atoms with Crippen molar-refractivity contribution in [3.63, 3.8) is 0 Å². The van der Waals surface area contributed by atoms with Gasteiger partial charge in [-0.1, -0.05) is 47.2 Å². The molecule has 0 aliphatic rings. The van der Waals surface area contributed by atoms with Crippen molar-refractivity contribution in [3.8, 4) is 0 Å². The Bertz CT molecular complexity index is 1070. The molecule has 31 heavy (non-hydrogen) atoms. The van der Waals surface area contributed by atoms with Crippen LogP contribution < -0.4 is 10.6 Å². The molecular weight excluding hydrogens is 406 g/mol. The van der Waals surface area contributed by atoms with E-state index in [0.29, 0.717) is 6.54 Å². The first-order chi connectivity index (χ1) is 14.8. The maximum absolute atomic E-state index is 12.6. The summed E-state index contributed by atoms with van der Waals surface area (Å²) in [6.07, 6.45) is 0. The van der Waals surface area contributed by atoms with E-state index in [9.17, 15) is 4.79 Å². The molecule has 0 unspecified atom stereocenters. The number of rotatable bonds is 8. The summed E-state index contributed by atoms with van der Waals surface area (Å²) in [5, 5.41) is 15.9. The Balaban J connectivity index is 1.62. The first-order valence-corrected chi connectivity index (χ1v) is 11.5. The Hall–Kier alpha value is -2.80. The number of thioether (sulfide) groups is 1. The Morgan fingerprint density at radius 2 is 1.65 bits per heavy atom. The van der Waals surface area contributed by atoms with E-state index in [2.05, 4.69) is 83.4 Å².